The van der Waals surface area contributed by atoms with Gasteiger partial charge in [-0.2, -0.15) is 0 Å². The molecule has 0 spiro atoms. The van der Waals surface area contributed by atoms with Gasteiger partial charge in [0.05, 0.1) is 0 Å². The average Bonchev–Trinajstić information content (AvgIpc) is 2.74. The van der Waals surface area contributed by atoms with Crippen molar-refractivity contribution in [2.75, 3.05) is 18.4 Å². The third kappa shape index (κ3) is 4.30. The summed E-state index contributed by atoms with van der Waals surface area (Å²) in [7, 11) is 0. The highest BCUT2D eigenvalue weighted by Crippen LogP contribution is 2.15. The molecule has 0 aliphatic rings. The van der Waals surface area contributed by atoms with E-state index in [1.807, 2.05) is 6.92 Å². The van der Waals surface area contributed by atoms with Crippen molar-refractivity contribution in [1.82, 2.24) is 15.5 Å². The lowest BCUT2D eigenvalue weighted by molar-refractivity contribution is 0.0944. The van der Waals surface area contributed by atoms with Crippen molar-refractivity contribution >= 4 is 22.4 Å². The number of aromatic nitrogens is 2. The molecule has 1 aromatic rings. The molecule has 0 saturated carbocycles. The zero-order chi connectivity index (χ0) is 12.8. The first-order valence-corrected chi connectivity index (χ1v) is 6.71. The molecule has 96 valence electrons. The van der Waals surface area contributed by atoms with Gasteiger partial charge in [0.2, 0.25) is 10.1 Å². The Labute approximate surface area is 106 Å². The molecule has 0 bridgehead atoms. The number of amides is 1. The summed E-state index contributed by atoms with van der Waals surface area (Å²) in [6.07, 6.45) is 0. The Morgan fingerprint density at radius 1 is 1.35 bits per heavy atom. The lowest BCUT2D eigenvalue weighted by Crippen LogP contribution is -2.30. The zero-order valence-corrected chi connectivity index (χ0v) is 11.6. The van der Waals surface area contributed by atoms with Crippen molar-refractivity contribution < 1.29 is 4.79 Å². The highest BCUT2D eigenvalue weighted by molar-refractivity contribution is 7.17. The first-order chi connectivity index (χ1) is 8.04. The summed E-state index contributed by atoms with van der Waals surface area (Å²) in [6.45, 7) is 9.84. The lowest BCUT2D eigenvalue weighted by atomic mass is 9.98. The number of carbonyl (C=O) groups excluding carboxylic acids is 1. The van der Waals surface area contributed by atoms with Gasteiger partial charge in [-0.05, 0) is 18.8 Å². The summed E-state index contributed by atoms with van der Waals surface area (Å²) in [6, 6.07) is 0. The molecule has 0 fully saturated rings. The molecule has 1 amide bonds. The van der Waals surface area contributed by atoms with E-state index in [1.165, 1.54) is 11.3 Å². The van der Waals surface area contributed by atoms with E-state index in [-0.39, 0.29) is 5.91 Å². The maximum absolute atomic E-state index is 11.8. The number of nitrogens with zero attached hydrogens (tertiary/aromatic N) is 2. The highest BCUT2D eigenvalue weighted by atomic mass is 32.1. The van der Waals surface area contributed by atoms with Crippen molar-refractivity contribution in [3.05, 3.63) is 5.01 Å². The third-order valence-corrected chi connectivity index (χ3v) is 3.55. The molecule has 0 saturated heterocycles. The van der Waals surface area contributed by atoms with Gasteiger partial charge in [0.25, 0.3) is 5.91 Å². The number of carbonyl (C=O) groups is 1. The Hall–Kier alpha value is -1.17. The van der Waals surface area contributed by atoms with Crippen LogP contribution < -0.4 is 10.6 Å². The largest absolute Gasteiger partial charge is 0.360 e. The lowest BCUT2D eigenvalue weighted by Gasteiger charge is -2.15. The van der Waals surface area contributed by atoms with Gasteiger partial charge in [0.1, 0.15) is 0 Å². The molecule has 17 heavy (non-hydrogen) atoms. The quantitative estimate of drug-likeness (QED) is 0.817. The van der Waals surface area contributed by atoms with Crippen LogP contribution in [0.5, 0.6) is 0 Å². The summed E-state index contributed by atoms with van der Waals surface area (Å²) in [5.41, 5.74) is 0. The van der Waals surface area contributed by atoms with Crippen LogP contribution in [0.3, 0.4) is 0 Å². The Kier molecular flexibility index (Phi) is 5.34. The van der Waals surface area contributed by atoms with Crippen LogP contribution in [0.4, 0.5) is 5.13 Å². The van der Waals surface area contributed by atoms with Crippen LogP contribution in [0.2, 0.25) is 0 Å². The third-order valence-electron chi connectivity index (χ3n) is 2.67. The predicted molar refractivity (Wildman–Crippen MR) is 70.4 cm³/mol. The van der Waals surface area contributed by atoms with Crippen molar-refractivity contribution in [3.63, 3.8) is 0 Å². The second-order valence-corrected chi connectivity index (χ2v) is 5.35. The number of anilines is 1. The molecular formula is C11H20N4OS. The van der Waals surface area contributed by atoms with Gasteiger partial charge in [-0.25, -0.2) is 0 Å². The minimum atomic E-state index is -0.140. The predicted octanol–water partition coefficient (Wildman–Crippen LogP) is 1.99. The molecule has 0 radical (unpaired) electrons. The smallest absolute Gasteiger partial charge is 0.282 e. The Bertz CT molecular complexity index is 364. The SMILES string of the molecule is CCNc1nnc(C(=O)NCC(C)C(C)C)s1. The first-order valence-electron chi connectivity index (χ1n) is 5.90. The normalized spacial score (nSPS) is 12.5. The standard InChI is InChI=1S/C11H20N4OS/c1-5-12-11-15-14-10(17-11)9(16)13-6-8(4)7(2)3/h7-8H,5-6H2,1-4H3,(H,12,15)(H,13,16). The molecule has 1 rings (SSSR count). The van der Waals surface area contributed by atoms with Crippen LogP contribution in [-0.4, -0.2) is 29.2 Å². The van der Waals surface area contributed by atoms with Gasteiger partial charge < -0.3 is 10.6 Å². The number of hydrogen-bond donors (Lipinski definition) is 2. The first kappa shape index (κ1) is 13.9. The van der Waals surface area contributed by atoms with Gasteiger partial charge in [0.15, 0.2) is 0 Å². The maximum atomic E-state index is 11.8. The minimum absolute atomic E-state index is 0.140. The van der Waals surface area contributed by atoms with Gasteiger partial charge in [-0.1, -0.05) is 32.1 Å². The van der Waals surface area contributed by atoms with Crippen molar-refractivity contribution in [2.24, 2.45) is 11.8 Å². The van der Waals surface area contributed by atoms with E-state index in [1.54, 1.807) is 0 Å². The number of nitrogens with one attached hydrogen (secondary N) is 2. The van der Waals surface area contributed by atoms with Crippen molar-refractivity contribution in [3.8, 4) is 0 Å². The van der Waals surface area contributed by atoms with E-state index in [0.29, 0.717) is 28.5 Å². The Morgan fingerprint density at radius 2 is 2.06 bits per heavy atom. The Morgan fingerprint density at radius 3 is 2.65 bits per heavy atom. The maximum Gasteiger partial charge on any atom is 0.282 e. The molecule has 0 aliphatic heterocycles. The number of rotatable bonds is 6. The molecule has 5 nitrogen and oxygen atoms in total. The van der Waals surface area contributed by atoms with Crippen molar-refractivity contribution in [2.45, 2.75) is 27.7 Å². The Balaban J connectivity index is 2.46. The van der Waals surface area contributed by atoms with E-state index in [9.17, 15) is 4.79 Å². The number of hydrogen-bond acceptors (Lipinski definition) is 5. The molecule has 2 N–H and O–H groups in total. The fourth-order valence-electron chi connectivity index (χ4n) is 1.10. The van der Waals surface area contributed by atoms with E-state index in [0.717, 1.165) is 6.54 Å². The summed E-state index contributed by atoms with van der Waals surface area (Å²) < 4.78 is 0. The topological polar surface area (TPSA) is 66.9 Å². The molecule has 1 atom stereocenters. The van der Waals surface area contributed by atoms with Gasteiger partial charge in [-0.15, -0.1) is 10.2 Å². The molecule has 1 heterocycles. The summed E-state index contributed by atoms with van der Waals surface area (Å²) in [5.74, 6) is 0.876. The van der Waals surface area contributed by atoms with E-state index >= 15 is 0 Å². The van der Waals surface area contributed by atoms with E-state index in [4.69, 9.17) is 0 Å². The summed E-state index contributed by atoms with van der Waals surface area (Å²) in [5, 5.41) is 14.7. The van der Waals surface area contributed by atoms with Crippen LogP contribution in [0.1, 0.15) is 37.5 Å². The van der Waals surface area contributed by atoms with E-state index in [2.05, 4.69) is 41.6 Å². The minimum Gasteiger partial charge on any atom is -0.360 e. The molecule has 1 unspecified atom stereocenters. The van der Waals surface area contributed by atoms with E-state index < -0.39 is 0 Å². The fourth-order valence-corrected chi connectivity index (χ4v) is 1.83. The molecule has 0 aliphatic carbocycles. The van der Waals surface area contributed by atoms with Gasteiger partial charge in [0, 0.05) is 13.1 Å². The second kappa shape index (κ2) is 6.54. The second-order valence-electron chi connectivity index (χ2n) is 4.37. The van der Waals surface area contributed by atoms with Crippen molar-refractivity contribution in [1.29, 1.82) is 0 Å². The van der Waals surface area contributed by atoms with Crippen LogP contribution in [-0.2, 0) is 0 Å². The monoisotopic (exact) mass is 256 g/mol. The van der Waals surface area contributed by atoms with Gasteiger partial charge >= 0.3 is 0 Å². The zero-order valence-electron chi connectivity index (χ0n) is 10.8. The fraction of sp³-hybridized carbons (Fsp3) is 0.727. The van der Waals surface area contributed by atoms with Crippen LogP contribution >= 0.6 is 11.3 Å². The molecule has 0 aromatic carbocycles. The highest BCUT2D eigenvalue weighted by Gasteiger charge is 2.14. The van der Waals surface area contributed by atoms with Crippen LogP contribution in [0.25, 0.3) is 0 Å². The van der Waals surface area contributed by atoms with Gasteiger partial charge in [-0.3, -0.25) is 4.79 Å². The average molecular weight is 256 g/mol. The van der Waals surface area contributed by atoms with Crippen LogP contribution in [0, 0.1) is 11.8 Å². The molecule has 6 heteroatoms. The molecular weight excluding hydrogens is 236 g/mol. The molecule has 1 aromatic heterocycles. The summed E-state index contributed by atoms with van der Waals surface area (Å²) in [4.78, 5) is 11.8. The van der Waals surface area contributed by atoms with Crippen LogP contribution in [0.15, 0.2) is 0 Å². The summed E-state index contributed by atoms with van der Waals surface area (Å²) >= 11 is 1.28.